The smallest absolute Gasteiger partial charge is 0.162 e. The van der Waals surface area contributed by atoms with Crippen LogP contribution in [0.4, 0.5) is 10.2 Å². The van der Waals surface area contributed by atoms with Crippen molar-refractivity contribution < 1.29 is 4.39 Å². The van der Waals surface area contributed by atoms with Crippen LogP contribution in [0.5, 0.6) is 0 Å². The summed E-state index contributed by atoms with van der Waals surface area (Å²) in [6, 6.07) is 14.1. The normalized spacial score (nSPS) is 20.1. The van der Waals surface area contributed by atoms with Gasteiger partial charge in [-0.15, -0.1) is 0 Å². The Morgan fingerprint density at radius 3 is 2.50 bits per heavy atom. The average Bonchev–Trinajstić information content (AvgIpc) is 3.40. The van der Waals surface area contributed by atoms with Crippen LogP contribution in [-0.4, -0.2) is 61.9 Å². The fourth-order valence-electron chi connectivity index (χ4n) is 5.15. The van der Waals surface area contributed by atoms with Crippen LogP contribution in [0.3, 0.4) is 0 Å². The lowest BCUT2D eigenvalue weighted by atomic mass is 10.1. The van der Waals surface area contributed by atoms with Crippen molar-refractivity contribution in [2.45, 2.75) is 31.8 Å². The predicted octanol–water partition coefficient (Wildman–Crippen LogP) is 4.12. The highest BCUT2D eigenvalue weighted by Gasteiger charge is 2.37. The summed E-state index contributed by atoms with van der Waals surface area (Å²) in [5.74, 6) is 1.78. The summed E-state index contributed by atoms with van der Waals surface area (Å²) in [6.45, 7) is 3.87. The second kappa shape index (κ2) is 8.29. The lowest BCUT2D eigenvalue weighted by molar-refractivity contribution is 0.212. The minimum absolute atomic E-state index is 0.328. The van der Waals surface area contributed by atoms with Gasteiger partial charge in [-0.25, -0.2) is 24.0 Å². The quantitative estimate of drug-likeness (QED) is 0.461. The number of hydrogen-bond acceptors (Lipinski definition) is 6. The van der Waals surface area contributed by atoms with Crippen molar-refractivity contribution in [1.82, 2.24) is 29.6 Å². The van der Waals surface area contributed by atoms with E-state index in [1.807, 2.05) is 37.4 Å². The summed E-state index contributed by atoms with van der Waals surface area (Å²) < 4.78 is 16.2. The van der Waals surface area contributed by atoms with Gasteiger partial charge < -0.3 is 4.90 Å². The molecule has 2 fully saturated rings. The molecule has 0 radical (unpaired) electrons. The Labute approximate surface area is 197 Å². The van der Waals surface area contributed by atoms with Gasteiger partial charge in [0.05, 0.1) is 17.5 Å². The van der Waals surface area contributed by atoms with Crippen molar-refractivity contribution in [1.29, 1.82) is 0 Å². The zero-order valence-electron chi connectivity index (χ0n) is 19.3. The molecule has 2 aliphatic rings. The van der Waals surface area contributed by atoms with Gasteiger partial charge in [-0.1, -0.05) is 18.2 Å². The average molecular weight is 456 g/mol. The molecule has 2 aliphatic heterocycles. The van der Waals surface area contributed by atoms with Crippen molar-refractivity contribution >= 4 is 5.82 Å². The summed E-state index contributed by atoms with van der Waals surface area (Å²) in [6.07, 6.45) is 7.83. The first-order valence-corrected chi connectivity index (χ1v) is 11.6. The molecule has 7 nitrogen and oxygen atoms in total. The molecule has 0 amide bonds. The Bertz CT molecular complexity index is 1320. The number of halogens is 1. The van der Waals surface area contributed by atoms with Gasteiger partial charge in [0.15, 0.2) is 11.6 Å². The Morgan fingerprint density at radius 1 is 0.941 bits per heavy atom. The van der Waals surface area contributed by atoms with Crippen molar-refractivity contribution in [3.63, 3.8) is 0 Å². The van der Waals surface area contributed by atoms with Crippen LogP contribution in [0.1, 0.15) is 18.4 Å². The molecule has 2 atom stereocenters. The topological polar surface area (TPSA) is 63.0 Å². The monoisotopic (exact) mass is 455 g/mol. The molecule has 0 spiro atoms. The molecule has 3 aromatic heterocycles. The lowest BCUT2D eigenvalue weighted by Crippen LogP contribution is -2.52. The number of aromatic nitrogens is 5. The fourth-order valence-corrected chi connectivity index (χ4v) is 5.15. The molecule has 6 rings (SSSR count). The zero-order chi connectivity index (χ0) is 23.2. The largest absolute Gasteiger partial charge is 0.353 e. The van der Waals surface area contributed by atoms with Gasteiger partial charge in [0, 0.05) is 43.1 Å². The van der Waals surface area contributed by atoms with Gasteiger partial charge in [-0.05, 0) is 56.6 Å². The number of fused-ring (bicyclic) bond motifs is 2. The molecule has 5 heterocycles. The Kier molecular flexibility index (Phi) is 5.10. The number of hydrogen-bond donors (Lipinski definition) is 0. The number of aryl methyl sites for hydroxylation is 1. The van der Waals surface area contributed by atoms with E-state index in [0.29, 0.717) is 29.2 Å². The molecule has 172 valence electrons. The maximum absolute atomic E-state index is 14.4. The molecular formula is C26H26FN7. The third-order valence-electron chi connectivity index (χ3n) is 7.11. The molecule has 1 aromatic carbocycles. The minimum Gasteiger partial charge on any atom is -0.353 e. The molecule has 4 aromatic rings. The van der Waals surface area contributed by atoms with Crippen molar-refractivity contribution in [3.8, 4) is 28.5 Å². The highest BCUT2D eigenvalue weighted by molar-refractivity contribution is 5.65. The first kappa shape index (κ1) is 20.9. The molecule has 0 aliphatic carbocycles. The summed E-state index contributed by atoms with van der Waals surface area (Å²) in [5.41, 5.74) is 2.73. The summed E-state index contributed by atoms with van der Waals surface area (Å²) >= 11 is 0. The highest BCUT2D eigenvalue weighted by Crippen LogP contribution is 2.31. The van der Waals surface area contributed by atoms with Crippen molar-refractivity contribution in [2.75, 3.05) is 25.0 Å². The molecule has 2 saturated heterocycles. The van der Waals surface area contributed by atoms with Crippen molar-refractivity contribution in [3.05, 3.63) is 72.4 Å². The first-order chi connectivity index (χ1) is 16.6. The van der Waals surface area contributed by atoms with Crippen LogP contribution in [-0.2, 0) is 0 Å². The Hall–Kier alpha value is -3.65. The molecule has 2 bridgehead atoms. The Balaban J connectivity index is 1.28. The van der Waals surface area contributed by atoms with E-state index in [2.05, 4.69) is 38.0 Å². The van der Waals surface area contributed by atoms with Crippen LogP contribution >= 0.6 is 0 Å². The molecule has 0 N–H and O–H groups in total. The first-order valence-electron chi connectivity index (χ1n) is 11.6. The van der Waals surface area contributed by atoms with E-state index in [1.54, 1.807) is 23.1 Å². The van der Waals surface area contributed by atoms with Crippen molar-refractivity contribution in [2.24, 2.45) is 0 Å². The van der Waals surface area contributed by atoms with E-state index in [0.717, 1.165) is 35.9 Å². The third-order valence-corrected chi connectivity index (χ3v) is 7.11. The van der Waals surface area contributed by atoms with Gasteiger partial charge in [0.1, 0.15) is 11.6 Å². The number of anilines is 1. The zero-order valence-corrected chi connectivity index (χ0v) is 19.3. The molecular weight excluding hydrogens is 429 g/mol. The maximum atomic E-state index is 14.4. The third kappa shape index (κ3) is 3.64. The minimum atomic E-state index is -0.328. The van der Waals surface area contributed by atoms with Crippen LogP contribution in [0.25, 0.3) is 28.5 Å². The van der Waals surface area contributed by atoms with E-state index < -0.39 is 0 Å². The van der Waals surface area contributed by atoms with Gasteiger partial charge in [-0.3, -0.25) is 4.90 Å². The molecule has 2 unspecified atom stereocenters. The maximum Gasteiger partial charge on any atom is 0.162 e. The fraction of sp³-hybridized carbons (Fsp3) is 0.308. The SMILES string of the molecule is Cc1cccc(F)c1-c1nccc(-c2cnn(-c3cccc(N4CC5CCC(C4)N5C)n3)c2)n1. The van der Waals surface area contributed by atoms with Gasteiger partial charge in [0.2, 0.25) is 0 Å². The summed E-state index contributed by atoms with van der Waals surface area (Å²) in [5, 5.41) is 4.53. The van der Waals surface area contributed by atoms with E-state index in [-0.39, 0.29) is 5.82 Å². The van der Waals surface area contributed by atoms with E-state index in [4.69, 9.17) is 4.98 Å². The molecule has 8 heteroatoms. The lowest BCUT2D eigenvalue weighted by Gasteiger charge is -2.39. The van der Waals surface area contributed by atoms with Crippen LogP contribution in [0.2, 0.25) is 0 Å². The van der Waals surface area contributed by atoms with Gasteiger partial charge in [-0.2, -0.15) is 5.10 Å². The van der Waals surface area contributed by atoms with Gasteiger partial charge >= 0.3 is 0 Å². The van der Waals surface area contributed by atoms with E-state index in [1.165, 1.54) is 18.9 Å². The standard InChI is InChI=1S/C26H26FN7/c1-17-5-3-6-21(27)25(17)26-28-12-11-22(30-26)18-13-29-34(14-18)24-8-4-7-23(31-24)33-15-19-9-10-20(16-33)32(19)2/h3-8,11-14,19-20H,9-10,15-16H2,1-2H3. The predicted molar refractivity (Wildman–Crippen MR) is 129 cm³/mol. The molecule has 0 saturated carbocycles. The summed E-state index contributed by atoms with van der Waals surface area (Å²) in [4.78, 5) is 18.7. The molecule has 34 heavy (non-hydrogen) atoms. The van der Waals surface area contributed by atoms with Crippen LogP contribution in [0.15, 0.2) is 61.1 Å². The van der Waals surface area contributed by atoms with Gasteiger partial charge in [0.25, 0.3) is 0 Å². The number of likely N-dealkylation sites (N-methyl/N-ethyl adjacent to an activating group) is 1. The van der Waals surface area contributed by atoms with E-state index >= 15 is 0 Å². The Morgan fingerprint density at radius 2 is 1.71 bits per heavy atom. The number of benzene rings is 1. The van der Waals surface area contributed by atoms with E-state index in [9.17, 15) is 4.39 Å². The second-order valence-electron chi connectivity index (χ2n) is 9.18. The second-order valence-corrected chi connectivity index (χ2v) is 9.18. The number of rotatable bonds is 4. The number of piperazine rings is 1. The van der Waals surface area contributed by atoms with Crippen LogP contribution < -0.4 is 4.90 Å². The van der Waals surface area contributed by atoms with Crippen LogP contribution in [0, 0.1) is 12.7 Å². The highest BCUT2D eigenvalue weighted by atomic mass is 19.1. The summed E-state index contributed by atoms with van der Waals surface area (Å²) in [7, 11) is 2.24. The number of nitrogens with zero attached hydrogens (tertiary/aromatic N) is 7. The number of pyridine rings is 1.